The number of halogens is 1. The Bertz CT molecular complexity index is 1730. The first-order valence-corrected chi connectivity index (χ1v) is 17.6. The van der Waals surface area contributed by atoms with Gasteiger partial charge in [0.25, 0.3) is 0 Å². The maximum absolute atomic E-state index is 10.5. The first-order valence-electron chi connectivity index (χ1n) is 13.5. The smallest absolute Gasteiger partial charge is 0.167 e. The minimum absolute atomic E-state index is 0.279. The first-order chi connectivity index (χ1) is 20.5. The molecule has 0 aliphatic heterocycles. The van der Waals surface area contributed by atoms with Gasteiger partial charge < -0.3 is 10.6 Å². The van der Waals surface area contributed by atoms with Crippen molar-refractivity contribution < 1.29 is 4.79 Å². The van der Waals surface area contributed by atoms with Crippen molar-refractivity contribution in [3.63, 3.8) is 0 Å². The number of aryl methyl sites for hydroxylation is 1. The Balaban J connectivity index is 0.000000226. The molecular formula is C31H32IN8OP. The third kappa shape index (κ3) is 6.75. The number of aldehydes is 1. The van der Waals surface area contributed by atoms with Crippen LogP contribution in [0.2, 0.25) is 0 Å². The molecule has 42 heavy (non-hydrogen) atoms. The predicted molar refractivity (Wildman–Crippen MR) is 180 cm³/mol. The number of imidazole rings is 1. The molecule has 1 unspecified atom stereocenters. The molecule has 9 nitrogen and oxygen atoms in total. The second kappa shape index (κ2) is 14.3. The molecule has 0 bridgehead atoms. The molecule has 0 spiro atoms. The molecule has 1 fully saturated rings. The van der Waals surface area contributed by atoms with Crippen molar-refractivity contribution in [2.45, 2.75) is 39.0 Å². The van der Waals surface area contributed by atoms with Crippen LogP contribution in [-0.4, -0.2) is 37.6 Å². The molecule has 11 heteroatoms. The van der Waals surface area contributed by atoms with Gasteiger partial charge in [0.05, 0.1) is 17.9 Å². The number of rotatable bonds is 7. The highest BCUT2D eigenvalue weighted by Crippen LogP contribution is 2.47. The first kappa shape index (κ1) is 31.0. The van der Waals surface area contributed by atoms with Gasteiger partial charge in [-0.2, -0.15) is 5.26 Å². The van der Waals surface area contributed by atoms with Crippen LogP contribution in [-0.2, 0) is 5.41 Å². The maximum Gasteiger partial charge on any atom is 0.167 e. The fourth-order valence-corrected chi connectivity index (χ4v) is 5.73. The Labute approximate surface area is 260 Å². The summed E-state index contributed by atoms with van der Waals surface area (Å²) in [5.41, 5.74) is 7.78. The molecule has 0 radical (unpaired) electrons. The van der Waals surface area contributed by atoms with Gasteiger partial charge in [-0.25, -0.2) is 19.9 Å². The Morgan fingerprint density at radius 3 is 2.57 bits per heavy atom. The fourth-order valence-electron chi connectivity index (χ4n) is 4.33. The SMILES string of the molecule is CC.CNc1ccc(C)c(Nc2ncccc2-c2ncnc3c2ncn3PI)c1.N#CC1(c2cccc(C=O)c2)CC1. The number of nitriles is 1. The Kier molecular flexibility index (Phi) is 10.6. The van der Waals surface area contributed by atoms with Crippen LogP contribution in [0.15, 0.2) is 73.4 Å². The van der Waals surface area contributed by atoms with E-state index in [-0.39, 0.29) is 5.41 Å². The van der Waals surface area contributed by atoms with Crippen molar-refractivity contribution in [3.8, 4) is 17.3 Å². The van der Waals surface area contributed by atoms with Gasteiger partial charge in [-0.3, -0.25) is 9.13 Å². The summed E-state index contributed by atoms with van der Waals surface area (Å²) in [5.74, 6) is 0.736. The van der Waals surface area contributed by atoms with Gasteiger partial charge in [0.1, 0.15) is 36.0 Å². The van der Waals surface area contributed by atoms with Crippen molar-refractivity contribution in [3.05, 3.63) is 90.1 Å². The molecule has 2 N–H and O–H groups in total. The molecule has 3 heterocycles. The van der Waals surface area contributed by atoms with E-state index >= 15 is 0 Å². The molecule has 5 aromatic rings. The number of anilines is 3. The Morgan fingerprint density at radius 1 is 1.07 bits per heavy atom. The van der Waals surface area contributed by atoms with Crippen LogP contribution in [0.3, 0.4) is 0 Å². The number of hydrogen-bond donors (Lipinski definition) is 2. The maximum atomic E-state index is 10.5. The third-order valence-electron chi connectivity index (χ3n) is 6.81. The summed E-state index contributed by atoms with van der Waals surface area (Å²) in [6.45, 7) is 6.07. The zero-order valence-corrected chi connectivity index (χ0v) is 27.0. The summed E-state index contributed by atoms with van der Waals surface area (Å²) >= 11 is 2.32. The van der Waals surface area contributed by atoms with E-state index in [4.69, 9.17) is 5.26 Å². The molecule has 0 saturated heterocycles. The lowest BCUT2D eigenvalue weighted by molar-refractivity contribution is 0.112. The third-order valence-corrected chi connectivity index (χ3v) is 8.87. The lowest BCUT2D eigenvalue weighted by atomic mass is 9.96. The summed E-state index contributed by atoms with van der Waals surface area (Å²) in [6.07, 6.45) is 8.34. The molecule has 1 aliphatic rings. The zero-order chi connectivity index (χ0) is 30.1. The van der Waals surface area contributed by atoms with Crippen LogP contribution in [0, 0.1) is 18.3 Å². The van der Waals surface area contributed by atoms with Gasteiger partial charge in [0.15, 0.2) is 5.65 Å². The topological polar surface area (TPSA) is 121 Å². The number of hydrogen-bond acceptors (Lipinski definition) is 8. The molecule has 1 atom stereocenters. The summed E-state index contributed by atoms with van der Waals surface area (Å²) in [4.78, 5) is 28.5. The largest absolute Gasteiger partial charge is 0.388 e. The van der Waals surface area contributed by atoms with Crippen molar-refractivity contribution >= 4 is 63.1 Å². The van der Waals surface area contributed by atoms with E-state index in [0.717, 1.165) is 69.9 Å². The summed E-state index contributed by atoms with van der Waals surface area (Å²) in [6, 6.07) is 19.7. The lowest BCUT2D eigenvalue weighted by Crippen LogP contribution is -2.02. The monoisotopic (exact) mass is 690 g/mol. The number of benzene rings is 2. The number of nitrogens with one attached hydrogen (secondary N) is 2. The number of fused-ring (bicyclic) bond motifs is 1. The van der Waals surface area contributed by atoms with Crippen LogP contribution in [0.25, 0.3) is 22.4 Å². The van der Waals surface area contributed by atoms with Crippen LogP contribution in [0.1, 0.15) is 48.2 Å². The minimum atomic E-state index is -0.279. The van der Waals surface area contributed by atoms with Crippen molar-refractivity contribution in [2.24, 2.45) is 0 Å². The van der Waals surface area contributed by atoms with Gasteiger partial charge in [-0.15, -0.1) is 0 Å². The molecule has 6 rings (SSSR count). The summed E-state index contributed by atoms with van der Waals surface area (Å²) in [5, 5.41) is 15.6. The second-order valence-corrected chi connectivity index (χ2v) is 11.4. The zero-order valence-electron chi connectivity index (χ0n) is 23.9. The summed E-state index contributed by atoms with van der Waals surface area (Å²) < 4.78 is 2.02. The molecular weight excluding hydrogens is 658 g/mol. The molecule has 1 aliphatic carbocycles. The average molecular weight is 691 g/mol. The van der Waals surface area contributed by atoms with Crippen LogP contribution >= 0.6 is 28.4 Å². The van der Waals surface area contributed by atoms with Gasteiger partial charge >= 0.3 is 0 Å². The molecule has 2 aromatic carbocycles. The number of aromatic nitrogens is 5. The highest BCUT2D eigenvalue weighted by molar-refractivity contribution is 14.2. The van der Waals surface area contributed by atoms with Gasteiger partial charge in [-0.05, 0) is 83.3 Å². The number of pyridine rings is 1. The van der Waals surface area contributed by atoms with Crippen molar-refractivity contribution in [1.82, 2.24) is 24.3 Å². The molecule has 0 amide bonds. The van der Waals surface area contributed by atoms with Crippen LogP contribution < -0.4 is 10.6 Å². The Morgan fingerprint density at radius 2 is 1.88 bits per heavy atom. The number of carbonyl (C=O) groups is 1. The van der Waals surface area contributed by atoms with E-state index in [9.17, 15) is 4.79 Å². The second-order valence-electron chi connectivity index (χ2n) is 9.34. The number of nitrogens with zero attached hydrogens (tertiary/aromatic N) is 6. The Hall–Kier alpha value is -3.94. The van der Waals surface area contributed by atoms with E-state index < -0.39 is 0 Å². The average Bonchev–Trinajstić information content (AvgIpc) is 3.75. The lowest BCUT2D eigenvalue weighted by Gasteiger charge is -2.14. The van der Waals surface area contributed by atoms with E-state index in [2.05, 4.69) is 77.7 Å². The van der Waals surface area contributed by atoms with Gasteiger partial charge in [0, 0.05) is 35.7 Å². The minimum Gasteiger partial charge on any atom is -0.388 e. The van der Waals surface area contributed by atoms with Crippen LogP contribution in [0.4, 0.5) is 17.2 Å². The standard InChI is InChI=1S/C18H17IN7P.C11H9NO.C2H6/c1-11-5-6-12(20-2)8-14(11)25-17-13(4-3-7-21-17)15-16-18(23-9-22-15)26(27-19)10-24-16;12-8-11(4-5-11)10-3-1-2-9(6-10)7-13;1-2/h3-10,20,27H,1-2H3,(H,21,25);1-3,6-7H,4-5H2;1-2H3. The predicted octanol–water partition coefficient (Wildman–Crippen LogP) is 7.85. The molecule has 1 saturated carbocycles. The number of carbonyl (C=O) groups excluding carboxylic acids is 1. The van der Waals surface area contributed by atoms with Gasteiger partial charge in [0.2, 0.25) is 0 Å². The highest BCUT2D eigenvalue weighted by atomic mass is 127. The fraction of sp³-hybridized carbons (Fsp3) is 0.226. The van der Waals surface area contributed by atoms with E-state index in [0.29, 0.717) is 11.9 Å². The van der Waals surface area contributed by atoms with E-state index in [1.807, 2.05) is 61.6 Å². The van der Waals surface area contributed by atoms with Crippen molar-refractivity contribution in [1.29, 1.82) is 5.26 Å². The quantitative estimate of drug-likeness (QED) is 0.101. The van der Waals surface area contributed by atoms with Crippen molar-refractivity contribution in [2.75, 3.05) is 17.7 Å². The highest BCUT2D eigenvalue weighted by Gasteiger charge is 2.44. The summed E-state index contributed by atoms with van der Waals surface area (Å²) in [7, 11) is 1.91. The van der Waals surface area contributed by atoms with E-state index in [1.165, 1.54) is 0 Å². The van der Waals surface area contributed by atoms with Gasteiger partial charge in [-0.1, -0.05) is 38.1 Å². The van der Waals surface area contributed by atoms with Crippen LogP contribution in [0.5, 0.6) is 0 Å². The molecule has 3 aromatic heterocycles. The van der Waals surface area contributed by atoms with E-state index in [1.54, 1.807) is 24.9 Å². The molecule has 214 valence electrons. The normalized spacial score (nSPS) is 12.9.